The Kier molecular flexibility index (Phi) is 6.69. The lowest BCUT2D eigenvalue weighted by Crippen LogP contribution is -2.19. The lowest BCUT2D eigenvalue weighted by Gasteiger charge is -2.23. The van der Waals surface area contributed by atoms with Gasteiger partial charge in [-0.3, -0.25) is 9.71 Å². The summed E-state index contributed by atoms with van der Waals surface area (Å²) in [4.78, 5) is 13.0. The van der Waals surface area contributed by atoms with E-state index in [-0.39, 0.29) is 32.6 Å². The van der Waals surface area contributed by atoms with E-state index in [2.05, 4.69) is 19.7 Å². The van der Waals surface area contributed by atoms with Gasteiger partial charge in [0.25, 0.3) is 15.9 Å². The number of pyridine rings is 1. The molecule has 4 aromatic rings. The van der Waals surface area contributed by atoms with Crippen molar-refractivity contribution in [2.75, 3.05) is 4.72 Å². The van der Waals surface area contributed by atoms with E-state index in [0.717, 1.165) is 5.56 Å². The molecule has 4 rings (SSSR count). The first kappa shape index (κ1) is 23.2. The third kappa shape index (κ3) is 5.03. The average molecular weight is 503 g/mol. The first-order valence-electron chi connectivity index (χ1n) is 10.1. The quantitative estimate of drug-likeness (QED) is 0.337. The van der Waals surface area contributed by atoms with Crippen LogP contribution in [0.15, 0.2) is 71.9 Å². The molecule has 0 saturated carbocycles. The number of rotatable bonds is 7. The van der Waals surface area contributed by atoms with Gasteiger partial charge in [-0.05, 0) is 36.2 Å². The Morgan fingerprint density at radius 3 is 2.33 bits per heavy atom. The van der Waals surface area contributed by atoms with Gasteiger partial charge in [0.2, 0.25) is 5.82 Å². The Hall–Kier alpha value is -2.94. The van der Waals surface area contributed by atoms with Gasteiger partial charge in [-0.2, -0.15) is 0 Å². The summed E-state index contributed by atoms with van der Waals surface area (Å²) in [7, 11) is -4.14. The summed E-state index contributed by atoms with van der Waals surface area (Å²) in [5.41, 5.74) is 1.89. The fourth-order valence-corrected chi connectivity index (χ4v) is 5.02. The fraction of sp³-hybridized carbons (Fsp3) is 0.174. The maximum Gasteiger partial charge on any atom is 0.264 e. The van der Waals surface area contributed by atoms with E-state index < -0.39 is 16.1 Å². The molecule has 2 heterocycles. The SMILES string of the molecule is CC(C)C(Oc1nc2ccccc2nc1NS(=O)(=O)c1cccc(Cl)c1Cl)c1cccnc1. The van der Waals surface area contributed by atoms with Gasteiger partial charge in [0.15, 0.2) is 0 Å². The van der Waals surface area contributed by atoms with Crippen molar-refractivity contribution in [3.05, 3.63) is 82.6 Å². The van der Waals surface area contributed by atoms with E-state index in [1.54, 1.807) is 30.6 Å². The number of halogens is 2. The van der Waals surface area contributed by atoms with Crippen LogP contribution in [0.25, 0.3) is 11.0 Å². The number of nitrogens with zero attached hydrogens (tertiary/aromatic N) is 3. The predicted octanol–water partition coefficient (Wildman–Crippen LogP) is 5.91. The number of anilines is 1. The monoisotopic (exact) mass is 502 g/mol. The van der Waals surface area contributed by atoms with Crippen LogP contribution in [-0.4, -0.2) is 23.4 Å². The molecule has 1 N–H and O–H groups in total. The molecule has 0 saturated heterocycles. The number of ether oxygens (including phenoxy) is 1. The van der Waals surface area contributed by atoms with Crippen LogP contribution in [0.5, 0.6) is 5.88 Å². The average Bonchev–Trinajstić information content (AvgIpc) is 2.79. The molecule has 0 fully saturated rings. The highest BCUT2D eigenvalue weighted by atomic mass is 35.5. The van der Waals surface area contributed by atoms with Crippen LogP contribution >= 0.6 is 23.2 Å². The summed E-state index contributed by atoms with van der Waals surface area (Å²) < 4.78 is 35.0. The van der Waals surface area contributed by atoms with Gasteiger partial charge in [-0.1, -0.05) is 61.3 Å². The van der Waals surface area contributed by atoms with E-state index in [4.69, 9.17) is 27.9 Å². The maximum absolute atomic E-state index is 13.2. The van der Waals surface area contributed by atoms with Gasteiger partial charge < -0.3 is 4.74 Å². The minimum Gasteiger partial charge on any atom is -0.466 e. The van der Waals surface area contributed by atoms with Gasteiger partial charge in [-0.15, -0.1) is 0 Å². The Labute approximate surface area is 201 Å². The molecule has 0 spiro atoms. The van der Waals surface area contributed by atoms with E-state index in [1.807, 2.05) is 32.0 Å². The Morgan fingerprint density at radius 1 is 0.939 bits per heavy atom. The number of benzene rings is 2. The second-order valence-electron chi connectivity index (χ2n) is 7.59. The molecule has 170 valence electrons. The van der Waals surface area contributed by atoms with Crippen molar-refractivity contribution >= 4 is 50.1 Å². The van der Waals surface area contributed by atoms with Crippen LogP contribution in [0.3, 0.4) is 0 Å². The first-order chi connectivity index (χ1) is 15.8. The second kappa shape index (κ2) is 9.51. The van der Waals surface area contributed by atoms with Gasteiger partial charge >= 0.3 is 0 Å². The zero-order valence-electron chi connectivity index (χ0n) is 17.7. The number of hydrogen-bond donors (Lipinski definition) is 1. The number of nitrogens with one attached hydrogen (secondary N) is 1. The van der Waals surface area contributed by atoms with E-state index >= 15 is 0 Å². The number of sulfonamides is 1. The molecular weight excluding hydrogens is 483 g/mol. The Balaban J connectivity index is 1.80. The van der Waals surface area contributed by atoms with Gasteiger partial charge in [-0.25, -0.2) is 18.4 Å². The zero-order valence-corrected chi connectivity index (χ0v) is 20.1. The summed E-state index contributed by atoms with van der Waals surface area (Å²) in [6.07, 6.45) is 2.94. The van der Waals surface area contributed by atoms with Crippen molar-refractivity contribution in [2.24, 2.45) is 5.92 Å². The lowest BCUT2D eigenvalue weighted by molar-refractivity contribution is 0.147. The van der Waals surface area contributed by atoms with Crippen molar-refractivity contribution in [3.63, 3.8) is 0 Å². The van der Waals surface area contributed by atoms with Crippen LogP contribution in [0, 0.1) is 5.92 Å². The minimum atomic E-state index is -4.14. The van der Waals surface area contributed by atoms with Crippen LogP contribution in [0.4, 0.5) is 5.82 Å². The number of para-hydroxylation sites is 2. The highest BCUT2D eigenvalue weighted by Crippen LogP contribution is 2.35. The topological polar surface area (TPSA) is 94.1 Å². The standard InChI is InChI=1S/C23H20Cl2N4O3S/c1-14(2)21(15-7-6-12-26-13-15)32-23-22(27-17-9-3-4-10-18(17)28-23)29-33(30,31)19-11-5-8-16(24)20(19)25/h3-14,21H,1-2H3,(H,27,29). The third-order valence-corrected chi connectivity index (χ3v) is 7.14. The summed E-state index contributed by atoms with van der Waals surface area (Å²) in [5, 5.41) is 0.0374. The molecule has 10 heteroatoms. The predicted molar refractivity (Wildman–Crippen MR) is 129 cm³/mol. The smallest absolute Gasteiger partial charge is 0.264 e. The highest BCUT2D eigenvalue weighted by molar-refractivity contribution is 7.92. The van der Waals surface area contributed by atoms with Crippen molar-refractivity contribution in [1.82, 2.24) is 15.0 Å². The number of hydrogen-bond acceptors (Lipinski definition) is 6. The van der Waals surface area contributed by atoms with Crippen molar-refractivity contribution < 1.29 is 13.2 Å². The molecule has 0 radical (unpaired) electrons. The van der Waals surface area contributed by atoms with Crippen molar-refractivity contribution in [1.29, 1.82) is 0 Å². The molecule has 0 aliphatic heterocycles. The second-order valence-corrected chi connectivity index (χ2v) is 10.0. The summed E-state index contributed by atoms with van der Waals surface area (Å²) in [5.74, 6) is 0.0200. The molecule has 2 aromatic heterocycles. The van der Waals surface area contributed by atoms with Gasteiger partial charge in [0.05, 0.1) is 21.1 Å². The van der Waals surface area contributed by atoms with E-state index in [0.29, 0.717) is 11.0 Å². The van der Waals surface area contributed by atoms with E-state index in [1.165, 1.54) is 18.2 Å². The Bertz CT molecular complexity index is 1400. The minimum absolute atomic E-state index is 0.0364. The van der Waals surface area contributed by atoms with Crippen LogP contribution in [-0.2, 0) is 10.0 Å². The summed E-state index contributed by atoms with van der Waals surface area (Å²) in [6.45, 7) is 3.98. The maximum atomic E-state index is 13.2. The van der Waals surface area contributed by atoms with Crippen molar-refractivity contribution in [3.8, 4) is 5.88 Å². The van der Waals surface area contributed by atoms with Crippen LogP contribution in [0.1, 0.15) is 25.5 Å². The molecule has 0 amide bonds. The molecular formula is C23H20Cl2N4O3S. The molecule has 33 heavy (non-hydrogen) atoms. The lowest BCUT2D eigenvalue weighted by atomic mass is 10.0. The molecule has 1 unspecified atom stereocenters. The van der Waals surface area contributed by atoms with Crippen LogP contribution in [0.2, 0.25) is 10.0 Å². The Morgan fingerprint density at radius 2 is 1.67 bits per heavy atom. The molecule has 0 aliphatic rings. The fourth-order valence-electron chi connectivity index (χ4n) is 3.26. The summed E-state index contributed by atoms with van der Waals surface area (Å²) in [6, 6.07) is 15.2. The normalized spacial score (nSPS) is 12.6. The first-order valence-corrected chi connectivity index (χ1v) is 12.3. The third-order valence-electron chi connectivity index (χ3n) is 4.83. The summed E-state index contributed by atoms with van der Waals surface area (Å²) >= 11 is 12.2. The highest BCUT2D eigenvalue weighted by Gasteiger charge is 2.26. The largest absolute Gasteiger partial charge is 0.466 e. The molecule has 7 nitrogen and oxygen atoms in total. The van der Waals surface area contributed by atoms with Gasteiger partial charge in [0, 0.05) is 18.0 Å². The zero-order chi connectivity index (χ0) is 23.6. The molecule has 1 atom stereocenters. The molecule has 0 bridgehead atoms. The van der Waals surface area contributed by atoms with E-state index in [9.17, 15) is 8.42 Å². The van der Waals surface area contributed by atoms with Crippen LogP contribution < -0.4 is 9.46 Å². The van der Waals surface area contributed by atoms with Gasteiger partial charge in [0.1, 0.15) is 11.0 Å². The molecule has 0 aliphatic carbocycles. The number of fused-ring (bicyclic) bond motifs is 1. The van der Waals surface area contributed by atoms with Crippen molar-refractivity contribution in [2.45, 2.75) is 24.8 Å². The molecule has 2 aromatic carbocycles. The number of aromatic nitrogens is 3.